The van der Waals surface area contributed by atoms with E-state index in [1.54, 1.807) is 7.11 Å². The average Bonchev–Trinajstić information content (AvgIpc) is 2.82. The first-order chi connectivity index (χ1) is 15.4. The molecule has 2 heterocycles. The highest BCUT2D eigenvalue weighted by Gasteiger charge is 2.34. The van der Waals surface area contributed by atoms with Crippen molar-refractivity contribution in [2.24, 2.45) is 5.92 Å². The summed E-state index contributed by atoms with van der Waals surface area (Å²) in [5.74, 6) is 0.141. The number of aromatic nitrogens is 1. The number of hydrogen-bond acceptors (Lipinski definition) is 6. The molecule has 2 aromatic carbocycles. The van der Waals surface area contributed by atoms with Crippen molar-refractivity contribution in [1.82, 2.24) is 9.29 Å². The summed E-state index contributed by atoms with van der Waals surface area (Å²) in [5, 5.41) is 2.02. The Kier molecular flexibility index (Phi) is 6.64. The molecule has 0 amide bonds. The maximum absolute atomic E-state index is 12.8. The van der Waals surface area contributed by atoms with E-state index in [1.165, 1.54) is 22.6 Å². The van der Waals surface area contributed by atoms with Gasteiger partial charge < -0.3 is 9.47 Å². The van der Waals surface area contributed by atoms with Crippen LogP contribution in [0.25, 0.3) is 10.8 Å². The van der Waals surface area contributed by atoms with E-state index >= 15 is 0 Å². The molecule has 1 saturated heterocycles. The fraction of sp³-hybridized carbons (Fsp3) is 0.304. The van der Waals surface area contributed by atoms with Crippen LogP contribution < -0.4 is 4.74 Å². The maximum atomic E-state index is 12.8. The van der Waals surface area contributed by atoms with Crippen LogP contribution in [-0.4, -0.2) is 43.9 Å². The van der Waals surface area contributed by atoms with Crippen LogP contribution in [-0.2, 0) is 26.2 Å². The second kappa shape index (κ2) is 9.44. The number of pyridine rings is 1. The molecule has 4 rings (SSSR count). The first-order valence-corrected chi connectivity index (χ1v) is 12.0. The number of methoxy groups -OCH3 is 1. The van der Waals surface area contributed by atoms with Crippen LogP contribution in [0.2, 0.25) is 5.15 Å². The Morgan fingerprint density at radius 2 is 1.84 bits per heavy atom. The summed E-state index contributed by atoms with van der Waals surface area (Å²) in [6.45, 7) is 0.626. The standard InChI is InChI=1S/C23H23ClN2O5S/c1-30-20-7-6-18-13-16(4-5-19(18)14-20)15-31-23(27)17-8-11-26(12-9-17)32(28,29)21-3-2-10-25-22(21)24/h2-7,10,13-14,17H,8-9,11-12,15H2,1H3. The van der Waals surface area contributed by atoms with Gasteiger partial charge in [0.25, 0.3) is 0 Å². The molecule has 1 fully saturated rings. The van der Waals surface area contributed by atoms with Crippen LogP contribution in [0, 0.1) is 5.92 Å². The molecule has 32 heavy (non-hydrogen) atoms. The van der Waals surface area contributed by atoms with Crippen molar-refractivity contribution < 1.29 is 22.7 Å². The lowest BCUT2D eigenvalue weighted by Crippen LogP contribution is -2.40. The first kappa shape index (κ1) is 22.5. The van der Waals surface area contributed by atoms with Gasteiger partial charge in [0.1, 0.15) is 22.4 Å². The third-order valence-corrected chi connectivity index (χ3v) is 7.97. The van der Waals surface area contributed by atoms with Gasteiger partial charge in [-0.25, -0.2) is 13.4 Å². The predicted molar refractivity (Wildman–Crippen MR) is 121 cm³/mol. The number of ether oxygens (including phenoxy) is 2. The minimum Gasteiger partial charge on any atom is -0.497 e. The van der Waals surface area contributed by atoms with Gasteiger partial charge in [0.15, 0.2) is 0 Å². The Balaban J connectivity index is 1.34. The van der Waals surface area contributed by atoms with Gasteiger partial charge in [0.05, 0.1) is 13.0 Å². The zero-order valence-corrected chi connectivity index (χ0v) is 19.1. The van der Waals surface area contributed by atoms with Gasteiger partial charge in [-0.05, 0) is 59.5 Å². The lowest BCUT2D eigenvalue weighted by atomic mass is 9.98. The number of rotatable bonds is 6. The van der Waals surface area contributed by atoms with Crippen LogP contribution in [0.5, 0.6) is 5.75 Å². The van der Waals surface area contributed by atoms with E-state index in [0.29, 0.717) is 12.8 Å². The molecule has 3 aromatic rings. The Morgan fingerprint density at radius 1 is 1.12 bits per heavy atom. The van der Waals surface area contributed by atoms with Crippen molar-refractivity contribution in [3.63, 3.8) is 0 Å². The third kappa shape index (κ3) is 4.72. The Hall–Kier alpha value is -2.68. The maximum Gasteiger partial charge on any atom is 0.309 e. The SMILES string of the molecule is COc1ccc2cc(COC(=O)C3CCN(S(=O)(=O)c4cccnc4Cl)CC3)ccc2c1. The summed E-state index contributed by atoms with van der Waals surface area (Å²) < 4.78 is 37.7. The molecule has 1 aliphatic rings. The van der Waals surface area contributed by atoms with Crippen molar-refractivity contribution in [3.05, 3.63) is 65.4 Å². The molecule has 168 valence electrons. The quantitative estimate of drug-likeness (QED) is 0.396. The van der Waals surface area contributed by atoms with Crippen molar-refractivity contribution in [1.29, 1.82) is 0 Å². The molecule has 0 radical (unpaired) electrons. The van der Waals surface area contributed by atoms with Crippen LogP contribution in [0.4, 0.5) is 0 Å². The molecule has 0 unspecified atom stereocenters. The minimum absolute atomic E-state index is 0.0170. The number of piperidine rings is 1. The van der Waals surface area contributed by atoms with Gasteiger partial charge >= 0.3 is 5.97 Å². The summed E-state index contributed by atoms with van der Waals surface area (Å²) in [6, 6.07) is 14.6. The lowest BCUT2D eigenvalue weighted by molar-refractivity contribution is -0.151. The molecule has 7 nitrogen and oxygen atoms in total. The molecule has 0 atom stereocenters. The molecule has 0 bridgehead atoms. The van der Waals surface area contributed by atoms with Gasteiger partial charge in [-0.15, -0.1) is 0 Å². The monoisotopic (exact) mass is 474 g/mol. The summed E-state index contributed by atoms with van der Waals surface area (Å²) in [5.41, 5.74) is 0.891. The molecule has 0 aliphatic carbocycles. The number of hydrogen-bond donors (Lipinski definition) is 0. The number of sulfonamides is 1. The van der Waals surface area contributed by atoms with E-state index in [2.05, 4.69) is 4.98 Å². The van der Waals surface area contributed by atoms with E-state index in [0.717, 1.165) is 22.1 Å². The summed E-state index contributed by atoms with van der Waals surface area (Å²) in [4.78, 5) is 16.4. The third-order valence-electron chi connectivity index (χ3n) is 5.62. The molecule has 0 saturated carbocycles. The predicted octanol–water partition coefficient (Wildman–Crippen LogP) is 4.04. The fourth-order valence-corrected chi connectivity index (χ4v) is 5.69. The highest BCUT2D eigenvalue weighted by molar-refractivity contribution is 7.89. The van der Waals surface area contributed by atoms with Gasteiger partial charge in [-0.2, -0.15) is 4.31 Å². The van der Waals surface area contributed by atoms with Crippen molar-refractivity contribution >= 4 is 38.4 Å². The molecule has 0 spiro atoms. The topological polar surface area (TPSA) is 85.8 Å². The van der Waals surface area contributed by atoms with Gasteiger partial charge in [-0.3, -0.25) is 4.79 Å². The van der Waals surface area contributed by atoms with E-state index < -0.39 is 10.0 Å². The summed E-state index contributed by atoms with van der Waals surface area (Å²) in [7, 11) is -2.12. The normalized spacial score (nSPS) is 15.6. The number of nitrogens with zero attached hydrogens (tertiary/aromatic N) is 2. The van der Waals surface area contributed by atoms with Crippen LogP contribution in [0.1, 0.15) is 18.4 Å². The zero-order valence-electron chi connectivity index (χ0n) is 17.5. The van der Waals surface area contributed by atoms with E-state index in [-0.39, 0.29) is 41.6 Å². The van der Waals surface area contributed by atoms with Crippen LogP contribution in [0.3, 0.4) is 0 Å². The van der Waals surface area contributed by atoms with Crippen molar-refractivity contribution in [2.45, 2.75) is 24.3 Å². The average molecular weight is 475 g/mol. The number of esters is 1. The van der Waals surface area contributed by atoms with Crippen molar-refractivity contribution in [3.8, 4) is 5.75 Å². The highest BCUT2D eigenvalue weighted by atomic mass is 35.5. The Labute approximate surface area is 192 Å². The minimum atomic E-state index is -3.75. The molecule has 1 aliphatic heterocycles. The summed E-state index contributed by atoms with van der Waals surface area (Å²) >= 11 is 5.96. The highest BCUT2D eigenvalue weighted by Crippen LogP contribution is 2.28. The Bertz CT molecular complexity index is 1240. The number of carbonyl (C=O) groups excluding carboxylic acids is 1. The van der Waals surface area contributed by atoms with Crippen LogP contribution in [0.15, 0.2) is 59.6 Å². The molecule has 1 aromatic heterocycles. The lowest BCUT2D eigenvalue weighted by Gasteiger charge is -2.30. The molecule has 0 N–H and O–H groups in total. The van der Waals surface area contributed by atoms with Gasteiger partial charge in [0, 0.05) is 19.3 Å². The van der Waals surface area contributed by atoms with Crippen molar-refractivity contribution in [2.75, 3.05) is 20.2 Å². The zero-order chi connectivity index (χ0) is 22.7. The summed E-state index contributed by atoms with van der Waals surface area (Å²) in [6.07, 6.45) is 2.23. The molecule has 9 heteroatoms. The van der Waals surface area contributed by atoms with E-state index in [4.69, 9.17) is 21.1 Å². The number of carbonyl (C=O) groups is 1. The second-order valence-corrected chi connectivity index (χ2v) is 9.89. The van der Waals surface area contributed by atoms with E-state index in [9.17, 15) is 13.2 Å². The second-order valence-electron chi connectivity index (χ2n) is 7.63. The van der Waals surface area contributed by atoms with Gasteiger partial charge in [-0.1, -0.05) is 29.8 Å². The molecular formula is C23H23ClN2O5S. The Morgan fingerprint density at radius 3 is 2.56 bits per heavy atom. The molecular weight excluding hydrogens is 452 g/mol. The fourth-order valence-electron chi connectivity index (χ4n) is 3.80. The number of fused-ring (bicyclic) bond motifs is 1. The largest absolute Gasteiger partial charge is 0.497 e. The van der Waals surface area contributed by atoms with E-state index in [1.807, 2.05) is 36.4 Å². The smallest absolute Gasteiger partial charge is 0.309 e. The number of halogens is 1. The van der Waals surface area contributed by atoms with Crippen LogP contribution >= 0.6 is 11.6 Å². The number of benzene rings is 2. The van der Waals surface area contributed by atoms with Gasteiger partial charge in [0.2, 0.25) is 10.0 Å². The first-order valence-electron chi connectivity index (χ1n) is 10.2.